The zero-order valence-electron chi connectivity index (χ0n) is 23.3. The molecule has 3 aliphatic rings. The Balaban J connectivity index is 1.53. The van der Waals surface area contributed by atoms with Crippen LogP contribution in [0.15, 0.2) is 152 Å². The molecule has 3 aliphatic heterocycles. The topological polar surface area (TPSA) is 18.0 Å². The van der Waals surface area contributed by atoms with Crippen LogP contribution in [0.25, 0.3) is 55.3 Å². The molecule has 8 aromatic rings. The fraction of sp³-hybridized carbons (Fsp3) is 0.0256. The minimum absolute atomic E-state index is 0.173. The first-order valence-electron chi connectivity index (χ1n) is 14.8. The molecule has 0 radical (unpaired) electrons. The van der Waals surface area contributed by atoms with Crippen LogP contribution in [0, 0.1) is 0 Å². The van der Waals surface area contributed by atoms with Gasteiger partial charge in [-0.3, -0.25) is 0 Å². The zero-order chi connectivity index (χ0) is 28.1. The lowest BCUT2D eigenvalue weighted by molar-refractivity contribution is 0.388. The van der Waals surface area contributed by atoms with Gasteiger partial charge in [-0.25, -0.2) is 0 Å². The van der Waals surface area contributed by atoms with Crippen LogP contribution in [0.2, 0.25) is 0 Å². The number of benzene rings is 5. The molecule has 2 bridgehead atoms. The van der Waals surface area contributed by atoms with E-state index in [4.69, 9.17) is 0 Å². The van der Waals surface area contributed by atoms with Crippen LogP contribution >= 0.6 is 0 Å². The van der Waals surface area contributed by atoms with Gasteiger partial charge in [0.1, 0.15) is 0 Å². The molecule has 0 unspecified atom stereocenters. The largest absolute Gasteiger partial charge is 0.309 e. The Bertz CT molecular complexity index is 2300. The van der Waals surface area contributed by atoms with E-state index >= 15 is 0 Å². The first-order valence-corrected chi connectivity index (χ1v) is 14.8. The Morgan fingerprint density at radius 3 is 1.60 bits per heavy atom. The second-order valence-electron chi connectivity index (χ2n) is 11.5. The summed E-state index contributed by atoms with van der Waals surface area (Å²) in [5.74, 6) is 0. The Morgan fingerprint density at radius 1 is 0.372 bits per heavy atom. The number of hydrogen-bond acceptors (Lipinski definition) is 1. The first-order chi connectivity index (χ1) is 21.4. The van der Waals surface area contributed by atoms with Crippen LogP contribution in [0.3, 0.4) is 0 Å². The summed E-state index contributed by atoms with van der Waals surface area (Å²) in [5.41, 5.74) is 11.9. The molecule has 43 heavy (non-hydrogen) atoms. The predicted molar refractivity (Wildman–Crippen MR) is 176 cm³/mol. The van der Waals surface area contributed by atoms with Crippen molar-refractivity contribution in [2.75, 3.05) is 4.90 Å². The zero-order valence-corrected chi connectivity index (χ0v) is 23.3. The van der Waals surface area contributed by atoms with Crippen molar-refractivity contribution in [3.8, 4) is 33.6 Å². The summed E-state index contributed by atoms with van der Waals surface area (Å²) in [4.78, 5) is 2.48. The van der Waals surface area contributed by atoms with Crippen LogP contribution in [-0.4, -0.2) is 13.7 Å². The van der Waals surface area contributed by atoms with E-state index in [1.165, 1.54) is 55.3 Å². The number of nitrogens with zero attached hydrogens (tertiary/aromatic N) is 4. The third-order valence-corrected chi connectivity index (χ3v) is 9.30. The third kappa shape index (κ3) is 2.99. The normalized spacial score (nSPS) is 13.4. The molecular weight excluding hydrogens is 524 g/mol. The fourth-order valence-corrected chi connectivity index (χ4v) is 7.55. The van der Waals surface area contributed by atoms with Crippen molar-refractivity contribution in [1.82, 2.24) is 13.7 Å². The highest BCUT2D eigenvalue weighted by Crippen LogP contribution is 2.51. The minimum atomic E-state index is -0.173. The molecule has 5 aromatic carbocycles. The van der Waals surface area contributed by atoms with E-state index in [0.717, 1.165) is 17.1 Å². The van der Waals surface area contributed by atoms with Crippen LogP contribution in [0.1, 0.15) is 6.29 Å². The second-order valence-corrected chi connectivity index (χ2v) is 11.5. The summed E-state index contributed by atoms with van der Waals surface area (Å²) in [5, 5.41) is 3.74. The number of hydrogen-bond donors (Lipinski definition) is 0. The van der Waals surface area contributed by atoms with Crippen LogP contribution in [0.5, 0.6) is 0 Å². The molecule has 0 fully saturated rings. The SMILES string of the molecule is c1ccc2c(c1)-c1cccc3ccc4ccn(c4c13)C1n3cccc3-c3ccccc3N2c2ccccc2-c2cccn21. The molecule has 4 heteroatoms. The van der Waals surface area contributed by atoms with E-state index in [9.17, 15) is 0 Å². The number of anilines is 3. The van der Waals surface area contributed by atoms with Gasteiger partial charge in [-0.1, -0.05) is 84.9 Å². The number of rotatable bonds is 0. The first kappa shape index (κ1) is 22.9. The predicted octanol–water partition coefficient (Wildman–Crippen LogP) is 10.0. The van der Waals surface area contributed by atoms with Crippen molar-refractivity contribution in [3.63, 3.8) is 0 Å². The van der Waals surface area contributed by atoms with Crippen LogP contribution < -0.4 is 4.90 Å². The van der Waals surface area contributed by atoms with Gasteiger partial charge in [0.15, 0.2) is 6.29 Å². The lowest BCUT2D eigenvalue weighted by Crippen LogP contribution is -2.27. The van der Waals surface area contributed by atoms with Crippen molar-refractivity contribution in [2.45, 2.75) is 6.29 Å². The van der Waals surface area contributed by atoms with E-state index in [1.807, 2.05) is 0 Å². The molecule has 0 aliphatic carbocycles. The Hall–Kier alpha value is -5.74. The minimum Gasteiger partial charge on any atom is -0.309 e. The van der Waals surface area contributed by atoms with Gasteiger partial charge in [-0.15, -0.1) is 0 Å². The van der Waals surface area contributed by atoms with Gasteiger partial charge in [0.05, 0.1) is 34.0 Å². The van der Waals surface area contributed by atoms with Gasteiger partial charge in [-0.05, 0) is 59.5 Å². The molecule has 202 valence electrons. The van der Waals surface area contributed by atoms with Gasteiger partial charge in [0.25, 0.3) is 0 Å². The van der Waals surface area contributed by atoms with E-state index < -0.39 is 0 Å². The van der Waals surface area contributed by atoms with Gasteiger partial charge >= 0.3 is 0 Å². The standard InChI is InChI=1S/C39H26N4/c1-4-15-34-28(11-1)29-14-7-10-26-20-21-27-22-25-42(38(27)37(26)29)39-40-23-8-18-32(40)30-12-2-5-16-35(30)43(34)36-17-6-3-13-31(36)33-19-9-24-41(33)39/h1-25,39H. The van der Waals surface area contributed by atoms with Crippen molar-refractivity contribution in [1.29, 1.82) is 0 Å². The highest BCUT2D eigenvalue weighted by Gasteiger charge is 2.31. The van der Waals surface area contributed by atoms with Gasteiger partial charge in [0.2, 0.25) is 0 Å². The molecular formula is C39H26N4. The van der Waals surface area contributed by atoms with Crippen molar-refractivity contribution >= 4 is 38.7 Å². The molecule has 0 spiro atoms. The molecule has 3 aromatic heterocycles. The average molecular weight is 551 g/mol. The van der Waals surface area contributed by atoms with Crippen molar-refractivity contribution in [3.05, 3.63) is 152 Å². The Kier molecular flexibility index (Phi) is 4.47. The summed E-state index contributed by atoms with van der Waals surface area (Å²) < 4.78 is 7.34. The average Bonchev–Trinajstić information content (AvgIpc) is 3.83. The summed E-state index contributed by atoms with van der Waals surface area (Å²) >= 11 is 0. The van der Waals surface area contributed by atoms with Crippen LogP contribution in [-0.2, 0) is 0 Å². The fourth-order valence-electron chi connectivity index (χ4n) is 7.55. The molecule has 0 atom stereocenters. The smallest absolute Gasteiger partial charge is 0.192 e. The summed E-state index contributed by atoms with van der Waals surface area (Å²) in [6, 6.07) is 49.0. The molecule has 0 N–H and O–H groups in total. The van der Waals surface area contributed by atoms with Gasteiger partial charge < -0.3 is 18.6 Å². The Morgan fingerprint density at radius 2 is 0.930 bits per heavy atom. The monoisotopic (exact) mass is 550 g/mol. The molecule has 11 rings (SSSR count). The highest BCUT2D eigenvalue weighted by molar-refractivity contribution is 6.15. The molecule has 6 heterocycles. The number of para-hydroxylation sites is 3. The number of aromatic nitrogens is 3. The van der Waals surface area contributed by atoms with Crippen molar-refractivity contribution < 1.29 is 0 Å². The molecule has 0 saturated heterocycles. The lowest BCUT2D eigenvalue weighted by Gasteiger charge is -2.36. The van der Waals surface area contributed by atoms with E-state index in [2.05, 4.69) is 171 Å². The quantitative estimate of drug-likeness (QED) is 0.184. The van der Waals surface area contributed by atoms with Gasteiger partial charge in [0, 0.05) is 46.1 Å². The highest BCUT2D eigenvalue weighted by atomic mass is 15.4. The second kappa shape index (κ2) is 8.40. The van der Waals surface area contributed by atoms with E-state index in [1.54, 1.807) is 0 Å². The molecule has 4 nitrogen and oxygen atoms in total. The molecule has 0 amide bonds. The maximum absolute atomic E-state index is 2.48. The summed E-state index contributed by atoms with van der Waals surface area (Å²) in [6.45, 7) is 0. The van der Waals surface area contributed by atoms with Gasteiger partial charge in [-0.2, -0.15) is 0 Å². The Labute approximate surface area is 248 Å². The van der Waals surface area contributed by atoms with E-state index in [-0.39, 0.29) is 6.29 Å². The lowest BCUT2D eigenvalue weighted by atomic mass is 9.93. The molecule has 0 saturated carbocycles. The van der Waals surface area contributed by atoms with E-state index in [0.29, 0.717) is 0 Å². The summed E-state index contributed by atoms with van der Waals surface area (Å²) in [7, 11) is 0. The third-order valence-electron chi connectivity index (χ3n) is 9.30. The summed E-state index contributed by atoms with van der Waals surface area (Å²) in [6.07, 6.45) is 6.56. The maximum Gasteiger partial charge on any atom is 0.192 e. The van der Waals surface area contributed by atoms with Crippen molar-refractivity contribution in [2.24, 2.45) is 0 Å². The maximum atomic E-state index is 2.48. The van der Waals surface area contributed by atoms with Crippen LogP contribution in [0.4, 0.5) is 17.1 Å².